The normalized spacial score (nSPS) is 11.8. The Kier molecular flexibility index (Phi) is 8.81. The first-order valence-corrected chi connectivity index (χ1v) is 12.4. The lowest BCUT2D eigenvalue weighted by molar-refractivity contribution is 0.0740. The third kappa shape index (κ3) is 6.36. The van der Waals surface area contributed by atoms with Gasteiger partial charge in [-0.15, -0.1) is 11.3 Å². The zero-order valence-electron chi connectivity index (χ0n) is 20.8. The van der Waals surface area contributed by atoms with Crippen LogP contribution in [0.1, 0.15) is 64.5 Å². The van der Waals surface area contributed by atoms with Gasteiger partial charge < -0.3 is 19.5 Å². The predicted octanol–water partition coefficient (Wildman–Crippen LogP) is 3.97. The highest BCUT2D eigenvalue weighted by Crippen LogP contribution is 2.23. The SMILES string of the molecule is COc1ccccc1Cn1cc(C(=O)NCCC(C)C)c(=O)c(C(=O)N(C)[C@@H](C)c2nccs2)c1. The lowest BCUT2D eigenvalue weighted by Gasteiger charge is -2.24. The molecule has 0 radical (unpaired) electrons. The Hall–Kier alpha value is -3.46. The average molecular weight is 497 g/mol. The highest BCUT2D eigenvalue weighted by Gasteiger charge is 2.26. The first-order valence-electron chi connectivity index (χ1n) is 11.5. The number of pyridine rings is 1. The number of para-hydroxylation sites is 1. The quantitative estimate of drug-likeness (QED) is 0.458. The second-order valence-corrected chi connectivity index (χ2v) is 9.73. The summed E-state index contributed by atoms with van der Waals surface area (Å²) in [5.41, 5.74) is 0.131. The van der Waals surface area contributed by atoms with E-state index in [-0.39, 0.29) is 17.2 Å². The number of amides is 2. The number of methoxy groups -OCH3 is 1. The molecule has 0 bridgehead atoms. The lowest BCUT2D eigenvalue weighted by Crippen LogP contribution is -2.37. The molecule has 3 rings (SSSR count). The van der Waals surface area contributed by atoms with Crippen LogP contribution in [0, 0.1) is 5.92 Å². The van der Waals surface area contributed by atoms with Crippen molar-refractivity contribution in [1.82, 2.24) is 19.8 Å². The topological polar surface area (TPSA) is 93.5 Å². The van der Waals surface area contributed by atoms with E-state index in [1.165, 1.54) is 28.6 Å². The number of hydrogen-bond donors (Lipinski definition) is 1. The highest BCUT2D eigenvalue weighted by molar-refractivity contribution is 7.09. The molecule has 8 nitrogen and oxygen atoms in total. The number of hydrogen-bond acceptors (Lipinski definition) is 6. The van der Waals surface area contributed by atoms with E-state index >= 15 is 0 Å². The number of aromatic nitrogens is 2. The minimum absolute atomic E-state index is 0.0650. The molecule has 2 heterocycles. The summed E-state index contributed by atoms with van der Waals surface area (Å²) in [6, 6.07) is 7.17. The third-order valence-electron chi connectivity index (χ3n) is 5.82. The van der Waals surface area contributed by atoms with Crippen LogP contribution in [-0.4, -0.2) is 47.0 Å². The highest BCUT2D eigenvalue weighted by atomic mass is 32.1. The summed E-state index contributed by atoms with van der Waals surface area (Å²) in [5, 5.41) is 5.42. The van der Waals surface area contributed by atoms with Crippen molar-refractivity contribution in [2.75, 3.05) is 20.7 Å². The Morgan fingerprint density at radius 2 is 1.89 bits per heavy atom. The first kappa shape index (κ1) is 26.2. The van der Waals surface area contributed by atoms with Crippen molar-refractivity contribution in [3.05, 3.63) is 80.2 Å². The molecule has 9 heteroatoms. The Morgan fingerprint density at radius 1 is 1.17 bits per heavy atom. The molecule has 0 aliphatic carbocycles. The van der Waals surface area contributed by atoms with Crippen LogP contribution in [0.5, 0.6) is 5.75 Å². The molecule has 1 N–H and O–H groups in total. The van der Waals surface area contributed by atoms with E-state index in [0.29, 0.717) is 24.8 Å². The fourth-order valence-electron chi connectivity index (χ4n) is 3.61. The van der Waals surface area contributed by atoms with Gasteiger partial charge in [0.2, 0.25) is 5.43 Å². The Bertz CT molecular complexity index is 1220. The molecule has 0 aliphatic rings. The number of nitrogens with one attached hydrogen (secondary N) is 1. The zero-order chi connectivity index (χ0) is 25.5. The molecule has 0 saturated heterocycles. The Balaban J connectivity index is 2.00. The van der Waals surface area contributed by atoms with Crippen LogP contribution >= 0.6 is 11.3 Å². The van der Waals surface area contributed by atoms with E-state index < -0.39 is 17.2 Å². The van der Waals surface area contributed by atoms with E-state index in [4.69, 9.17) is 4.74 Å². The molecule has 0 aliphatic heterocycles. The van der Waals surface area contributed by atoms with Crippen molar-refractivity contribution in [1.29, 1.82) is 0 Å². The molecule has 0 unspecified atom stereocenters. The zero-order valence-corrected chi connectivity index (χ0v) is 21.6. The van der Waals surface area contributed by atoms with Gasteiger partial charge in [-0.3, -0.25) is 14.4 Å². The molecule has 0 fully saturated rings. The third-order valence-corrected chi connectivity index (χ3v) is 6.76. The van der Waals surface area contributed by atoms with Gasteiger partial charge in [-0.25, -0.2) is 4.98 Å². The molecule has 2 amide bonds. The van der Waals surface area contributed by atoms with Gasteiger partial charge in [-0.05, 0) is 25.3 Å². The fourth-order valence-corrected chi connectivity index (χ4v) is 4.35. The van der Waals surface area contributed by atoms with Gasteiger partial charge in [0.1, 0.15) is 21.9 Å². The summed E-state index contributed by atoms with van der Waals surface area (Å²) >= 11 is 1.44. The second-order valence-electron chi connectivity index (χ2n) is 8.80. The van der Waals surface area contributed by atoms with Crippen molar-refractivity contribution in [2.24, 2.45) is 5.92 Å². The maximum absolute atomic E-state index is 13.4. The number of carbonyl (C=O) groups excluding carboxylic acids is 2. The number of thiazole rings is 1. The minimum atomic E-state index is -0.591. The lowest BCUT2D eigenvalue weighted by atomic mass is 10.1. The van der Waals surface area contributed by atoms with Crippen LogP contribution in [0.25, 0.3) is 0 Å². The number of carbonyl (C=O) groups is 2. The molecule has 3 aromatic rings. The fraction of sp³-hybridized carbons (Fsp3) is 0.385. The predicted molar refractivity (Wildman–Crippen MR) is 137 cm³/mol. The molecular formula is C26H32N4O4S. The van der Waals surface area contributed by atoms with E-state index in [0.717, 1.165) is 17.0 Å². The van der Waals surface area contributed by atoms with Crippen LogP contribution in [0.15, 0.2) is 53.0 Å². The largest absolute Gasteiger partial charge is 0.496 e. The first-order chi connectivity index (χ1) is 16.7. The van der Waals surface area contributed by atoms with Gasteiger partial charge in [0, 0.05) is 43.1 Å². The summed E-state index contributed by atoms with van der Waals surface area (Å²) in [6.45, 7) is 6.74. The Labute approximate surface area is 209 Å². The Morgan fingerprint density at radius 3 is 2.54 bits per heavy atom. The summed E-state index contributed by atoms with van der Waals surface area (Å²) in [5.74, 6) is 0.126. The van der Waals surface area contributed by atoms with E-state index in [1.54, 1.807) is 24.9 Å². The van der Waals surface area contributed by atoms with E-state index in [1.807, 2.05) is 36.6 Å². The van der Waals surface area contributed by atoms with Crippen molar-refractivity contribution >= 4 is 23.2 Å². The van der Waals surface area contributed by atoms with Gasteiger partial charge in [0.05, 0.1) is 19.7 Å². The molecule has 1 aromatic carbocycles. The van der Waals surface area contributed by atoms with Crippen LogP contribution in [0.3, 0.4) is 0 Å². The molecule has 2 aromatic heterocycles. The van der Waals surface area contributed by atoms with Crippen LogP contribution in [0.2, 0.25) is 0 Å². The van der Waals surface area contributed by atoms with Gasteiger partial charge >= 0.3 is 0 Å². The summed E-state index contributed by atoms with van der Waals surface area (Å²) < 4.78 is 7.13. The van der Waals surface area contributed by atoms with E-state index in [2.05, 4.69) is 24.1 Å². The van der Waals surface area contributed by atoms with Crippen molar-refractivity contribution in [3.63, 3.8) is 0 Å². The molecular weight excluding hydrogens is 464 g/mol. The molecule has 1 atom stereocenters. The molecule has 35 heavy (non-hydrogen) atoms. The number of benzene rings is 1. The van der Waals surface area contributed by atoms with Crippen molar-refractivity contribution in [2.45, 2.75) is 39.8 Å². The summed E-state index contributed by atoms with van der Waals surface area (Å²) in [6.07, 6.45) is 5.47. The summed E-state index contributed by atoms with van der Waals surface area (Å²) in [4.78, 5) is 45.5. The number of rotatable bonds is 10. The monoisotopic (exact) mass is 496 g/mol. The summed E-state index contributed by atoms with van der Waals surface area (Å²) in [7, 11) is 3.22. The average Bonchev–Trinajstić information content (AvgIpc) is 3.38. The number of ether oxygens (including phenoxy) is 1. The minimum Gasteiger partial charge on any atom is -0.496 e. The second kappa shape index (κ2) is 11.8. The van der Waals surface area contributed by atoms with Gasteiger partial charge in [0.25, 0.3) is 11.8 Å². The molecule has 0 saturated carbocycles. The number of nitrogens with zero attached hydrogens (tertiary/aromatic N) is 3. The standard InChI is InChI=1S/C26H32N4O4S/c1-17(2)10-11-27-24(32)20-15-30(14-19-8-6-7-9-22(19)34-5)16-21(23(20)31)26(33)29(4)18(3)25-28-12-13-35-25/h6-9,12-13,15-18H,10-11,14H2,1-5H3,(H,27,32)/t18-/m0/s1. The maximum atomic E-state index is 13.4. The van der Waals surface area contributed by atoms with Crippen molar-refractivity contribution < 1.29 is 14.3 Å². The van der Waals surface area contributed by atoms with Crippen LogP contribution < -0.4 is 15.5 Å². The van der Waals surface area contributed by atoms with Gasteiger partial charge in [-0.2, -0.15) is 0 Å². The van der Waals surface area contributed by atoms with Crippen LogP contribution in [0.4, 0.5) is 0 Å². The van der Waals surface area contributed by atoms with Crippen LogP contribution in [-0.2, 0) is 6.54 Å². The molecule has 0 spiro atoms. The van der Waals surface area contributed by atoms with Gasteiger partial charge in [0.15, 0.2) is 0 Å². The maximum Gasteiger partial charge on any atom is 0.259 e. The van der Waals surface area contributed by atoms with Crippen molar-refractivity contribution in [3.8, 4) is 5.75 Å². The smallest absolute Gasteiger partial charge is 0.259 e. The van der Waals surface area contributed by atoms with Gasteiger partial charge in [-0.1, -0.05) is 32.0 Å². The molecule has 186 valence electrons. The van der Waals surface area contributed by atoms with E-state index in [9.17, 15) is 14.4 Å².